The number of ether oxygens (including phenoxy) is 2. The molecule has 2 N–H and O–H groups in total. The Morgan fingerprint density at radius 1 is 0.800 bits per heavy atom. The quantitative estimate of drug-likeness (QED) is 0.280. The zero-order chi connectivity index (χ0) is 32.5. The van der Waals surface area contributed by atoms with E-state index in [4.69, 9.17) is 23.0 Å². The number of phosphoric acid groups is 1. The molecule has 0 saturated carbocycles. The lowest BCUT2D eigenvalue weighted by Crippen LogP contribution is -2.33. The van der Waals surface area contributed by atoms with E-state index >= 15 is 0 Å². The van der Waals surface area contributed by atoms with Crippen LogP contribution in [0.1, 0.15) is 49.3 Å². The zero-order valence-electron chi connectivity index (χ0n) is 24.7. The molecule has 3 aromatic rings. The molecule has 18 heteroatoms. The first-order valence-corrected chi connectivity index (χ1v) is 17.4. The van der Waals surface area contributed by atoms with E-state index in [1.54, 1.807) is 13.8 Å². The van der Waals surface area contributed by atoms with Crippen LogP contribution in [0.15, 0.2) is 60.7 Å². The number of benzene rings is 1. The summed E-state index contributed by atoms with van der Waals surface area (Å²) in [6.07, 6.45) is 2.97. The van der Waals surface area contributed by atoms with E-state index in [1.165, 1.54) is 45.8 Å². The van der Waals surface area contributed by atoms with Crippen molar-refractivity contribution in [3.63, 3.8) is 0 Å². The van der Waals surface area contributed by atoms with E-state index in [0.717, 1.165) is 6.26 Å². The van der Waals surface area contributed by atoms with Gasteiger partial charge in [-0.2, -0.15) is 0 Å². The molecule has 5 rings (SSSR count). The van der Waals surface area contributed by atoms with E-state index in [2.05, 4.69) is 9.97 Å². The van der Waals surface area contributed by atoms with Gasteiger partial charge in [0, 0.05) is 29.8 Å². The van der Waals surface area contributed by atoms with Gasteiger partial charge in [0.2, 0.25) is 0 Å². The fraction of sp³-hybridized carbons (Fsp3) is 0.481. The van der Waals surface area contributed by atoms with Gasteiger partial charge in [-0.3, -0.25) is 37.7 Å². The van der Waals surface area contributed by atoms with Crippen molar-refractivity contribution in [2.24, 2.45) is 0 Å². The van der Waals surface area contributed by atoms with E-state index < -0.39 is 64.8 Å². The zero-order valence-corrected chi connectivity index (χ0v) is 26.4. The van der Waals surface area contributed by atoms with Gasteiger partial charge < -0.3 is 14.0 Å². The van der Waals surface area contributed by atoms with Crippen LogP contribution in [0.2, 0.25) is 0 Å². The third-order valence-electron chi connectivity index (χ3n) is 7.39. The first-order valence-electron chi connectivity index (χ1n) is 14.0. The van der Waals surface area contributed by atoms with Gasteiger partial charge in [-0.25, -0.2) is 22.6 Å². The molecule has 4 atom stereocenters. The minimum Gasteiger partial charge on any atom is -0.404 e. The fourth-order valence-electron chi connectivity index (χ4n) is 4.94. The van der Waals surface area contributed by atoms with Gasteiger partial charge >= 0.3 is 19.2 Å². The molecule has 0 spiro atoms. The van der Waals surface area contributed by atoms with Crippen LogP contribution < -0.4 is 27.0 Å². The van der Waals surface area contributed by atoms with Crippen molar-refractivity contribution in [3.8, 4) is 5.75 Å². The van der Waals surface area contributed by atoms with Gasteiger partial charge in [0.1, 0.15) is 18.2 Å². The SMILES string of the molecule is Cc1cn([C@H]2CC[C@@H](COP(=O)(OC[C@@H]3CC[C@H](n4cc(C)c(=O)[nH]c4=O)O3)Oc3ccc(S(C)(=O)=O)cc3)O2)c(=O)[nH]c1=O. The second-order valence-corrected chi connectivity index (χ2v) is 14.5. The average molecular weight is 669 g/mol. The Bertz CT molecular complexity index is 1850. The van der Waals surface area contributed by atoms with E-state index in [0.29, 0.717) is 36.8 Å². The molecule has 1 aromatic carbocycles. The molecule has 0 aliphatic carbocycles. The van der Waals surface area contributed by atoms with Crippen LogP contribution in [0, 0.1) is 13.8 Å². The van der Waals surface area contributed by atoms with Crippen LogP contribution in [0.3, 0.4) is 0 Å². The molecule has 2 aliphatic rings. The Balaban J connectivity index is 1.27. The van der Waals surface area contributed by atoms with Crippen LogP contribution >= 0.6 is 7.82 Å². The number of H-pyrrole nitrogens is 2. The first-order chi connectivity index (χ1) is 21.2. The number of hydrogen-bond acceptors (Lipinski definition) is 12. The standard InChI is InChI=1S/C27H33N4O12PS/c1-16-12-30(26(34)28-24(16)32)22-10-6-19(41-22)14-39-44(36,43-18-4-8-21(9-5-18)45(3,37)38)40-15-20-7-11-23(42-20)31-13-17(2)25(33)29-27(31)35/h4-5,8-9,12-13,19-20,22-23H,6-7,10-11,14-15H2,1-3H3,(H,28,32,34)(H,29,33,35)/t19-,20-,22+,23+/m0/s1. The minimum absolute atomic E-state index is 0.0201. The lowest BCUT2D eigenvalue weighted by Gasteiger charge is -2.22. The van der Waals surface area contributed by atoms with Crippen LogP contribution in [0.25, 0.3) is 0 Å². The van der Waals surface area contributed by atoms with E-state index in [-0.39, 0.29) is 23.9 Å². The first kappa shape index (κ1) is 32.8. The minimum atomic E-state index is -4.37. The summed E-state index contributed by atoms with van der Waals surface area (Å²) in [5.41, 5.74) is -1.56. The molecule has 45 heavy (non-hydrogen) atoms. The molecular formula is C27H33N4O12PS. The van der Waals surface area contributed by atoms with Crippen molar-refractivity contribution in [1.29, 1.82) is 0 Å². The second-order valence-electron chi connectivity index (χ2n) is 10.9. The van der Waals surface area contributed by atoms with E-state index in [1.807, 2.05) is 0 Å². The van der Waals surface area contributed by atoms with Crippen molar-refractivity contribution in [3.05, 3.63) is 89.5 Å². The summed E-state index contributed by atoms with van der Waals surface area (Å²) in [4.78, 5) is 52.6. The maximum absolute atomic E-state index is 13.9. The van der Waals surface area contributed by atoms with Crippen molar-refractivity contribution in [1.82, 2.24) is 19.1 Å². The summed E-state index contributed by atoms with van der Waals surface area (Å²) in [7, 11) is -7.86. The summed E-state index contributed by atoms with van der Waals surface area (Å²) in [6, 6.07) is 5.21. The van der Waals surface area contributed by atoms with Crippen LogP contribution in [0.4, 0.5) is 0 Å². The Morgan fingerprint density at radius 2 is 1.24 bits per heavy atom. The molecule has 4 heterocycles. The molecule has 0 radical (unpaired) electrons. The molecule has 0 unspecified atom stereocenters. The molecule has 2 fully saturated rings. The number of phosphoric ester groups is 1. The highest BCUT2D eigenvalue weighted by Crippen LogP contribution is 2.51. The Morgan fingerprint density at radius 3 is 1.67 bits per heavy atom. The number of aromatic amines is 2. The van der Waals surface area contributed by atoms with Crippen LogP contribution in [-0.4, -0.2) is 59.2 Å². The topological polar surface area (TPSA) is 207 Å². The molecule has 244 valence electrons. The number of aryl methyl sites for hydroxylation is 2. The van der Waals surface area contributed by atoms with Crippen LogP contribution in [-0.2, 0) is 32.9 Å². The highest BCUT2D eigenvalue weighted by Gasteiger charge is 2.37. The van der Waals surface area contributed by atoms with Crippen molar-refractivity contribution < 1.29 is 36.0 Å². The molecule has 2 aliphatic heterocycles. The van der Waals surface area contributed by atoms with Gasteiger partial charge in [0.05, 0.1) is 30.3 Å². The summed E-state index contributed by atoms with van der Waals surface area (Å²) in [5.74, 6) is 0.0201. The Labute approximate surface area is 256 Å². The molecular weight excluding hydrogens is 635 g/mol. The number of nitrogens with one attached hydrogen (secondary N) is 2. The van der Waals surface area contributed by atoms with Crippen LogP contribution in [0.5, 0.6) is 5.75 Å². The van der Waals surface area contributed by atoms with Crippen molar-refractivity contribution >= 4 is 17.7 Å². The molecule has 16 nitrogen and oxygen atoms in total. The van der Waals surface area contributed by atoms with Gasteiger partial charge in [0.15, 0.2) is 9.84 Å². The van der Waals surface area contributed by atoms with Gasteiger partial charge in [-0.15, -0.1) is 0 Å². The predicted molar refractivity (Wildman–Crippen MR) is 158 cm³/mol. The number of nitrogens with zero attached hydrogens (tertiary/aromatic N) is 2. The van der Waals surface area contributed by atoms with Gasteiger partial charge in [0.25, 0.3) is 11.1 Å². The summed E-state index contributed by atoms with van der Waals surface area (Å²) in [6.45, 7) is 2.64. The monoisotopic (exact) mass is 668 g/mol. The lowest BCUT2D eigenvalue weighted by atomic mass is 10.2. The maximum atomic E-state index is 13.9. The second kappa shape index (κ2) is 13.0. The van der Waals surface area contributed by atoms with E-state index in [9.17, 15) is 32.2 Å². The third kappa shape index (κ3) is 7.80. The van der Waals surface area contributed by atoms with Gasteiger partial charge in [-0.1, -0.05) is 0 Å². The predicted octanol–water partition coefficient (Wildman–Crippen LogP) is 1.68. The summed E-state index contributed by atoms with van der Waals surface area (Å²) >= 11 is 0. The third-order valence-corrected chi connectivity index (χ3v) is 9.88. The number of aromatic nitrogens is 4. The summed E-state index contributed by atoms with van der Waals surface area (Å²) in [5, 5.41) is 0. The Kier molecular flexibility index (Phi) is 9.49. The highest BCUT2D eigenvalue weighted by molar-refractivity contribution is 7.90. The fourth-order valence-corrected chi connectivity index (χ4v) is 6.83. The average Bonchev–Trinajstić information content (AvgIpc) is 3.65. The number of rotatable bonds is 11. The molecule has 0 amide bonds. The molecule has 2 aromatic heterocycles. The van der Waals surface area contributed by atoms with Crippen molar-refractivity contribution in [2.45, 2.75) is 69.1 Å². The smallest absolute Gasteiger partial charge is 0.404 e. The number of hydrogen-bond donors (Lipinski definition) is 2. The van der Waals surface area contributed by atoms with Crippen molar-refractivity contribution in [2.75, 3.05) is 19.5 Å². The number of sulfone groups is 1. The molecule has 2 saturated heterocycles. The Hall–Kier alpha value is -3.60. The summed E-state index contributed by atoms with van der Waals surface area (Å²) < 4.78 is 68.9. The maximum Gasteiger partial charge on any atom is 0.530 e. The highest BCUT2D eigenvalue weighted by atomic mass is 32.2. The van der Waals surface area contributed by atoms with Gasteiger partial charge in [-0.05, 0) is 63.8 Å². The normalized spacial score (nSPS) is 22.1. The molecule has 0 bridgehead atoms. The lowest BCUT2D eigenvalue weighted by molar-refractivity contribution is -0.0368. The largest absolute Gasteiger partial charge is 0.530 e.